The van der Waals surface area contributed by atoms with Gasteiger partial charge in [-0.05, 0) is 32.9 Å². The molecule has 1 saturated heterocycles. The van der Waals surface area contributed by atoms with Crippen molar-refractivity contribution in [1.82, 2.24) is 19.6 Å². The van der Waals surface area contributed by atoms with E-state index in [4.69, 9.17) is 0 Å². The number of hydrogen-bond donors (Lipinski definition) is 1. The highest BCUT2D eigenvalue weighted by Gasteiger charge is 2.31. The fourth-order valence-corrected chi connectivity index (χ4v) is 3.65. The fourth-order valence-electron chi connectivity index (χ4n) is 2.15. The number of aryl methyl sites for hydroxylation is 1. The summed E-state index contributed by atoms with van der Waals surface area (Å²) >= 11 is 0. The molecule has 0 unspecified atom stereocenters. The monoisotopic (exact) mass is 306 g/mol. The molecule has 0 bridgehead atoms. The molecule has 8 heteroatoms. The minimum atomic E-state index is -3.54. The third-order valence-corrected chi connectivity index (χ3v) is 5.23. The Labute approximate surface area is 120 Å². The third-order valence-electron chi connectivity index (χ3n) is 3.28. The molecule has 1 aromatic heterocycles. The van der Waals surface area contributed by atoms with E-state index in [1.807, 2.05) is 0 Å². The first-order chi connectivity index (χ1) is 8.53. The number of piperidine rings is 1. The maximum atomic E-state index is 12.5. The zero-order chi connectivity index (χ0) is 13.2. The first-order valence-electron chi connectivity index (χ1n) is 6.00. The van der Waals surface area contributed by atoms with Crippen molar-refractivity contribution in [3.63, 3.8) is 0 Å². The SMILES string of the molecule is Cc1nccnc1S(=O)(=O)N(C)C1CCNCC1.Cl. The van der Waals surface area contributed by atoms with Gasteiger partial charge < -0.3 is 5.32 Å². The van der Waals surface area contributed by atoms with Crippen LogP contribution >= 0.6 is 12.4 Å². The van der Waals surface area contributed by atoms with Gasteiger partial charge in [-0.15, -0.1) is 12.4 Å². The van der Waals surface area contributed by atoms with Gasteiger partial charge in [0.05, 0.1) is 5.69 Å². The summed E-state index contributed by atoms with van der Waals surface area (Å²) in [7, 11) is -1.91. The molecule has 0 saturated carbocycles. The quantitative estimate of drug-likeness (QED) is 0.884. The van der Waals surface area contributed by atoms with Crippen molar-refractivity contribution < 1.29 is 8.42 Å². The number of nitrogens with one attached hydrogen (secondary N) is 1. The molecule has 1 aliphatic heterocycles. The van der Waals surface area contributed by atoms with Gasteiger partial charge in [-0.25, -0.2) is 13.4 Å². The largest absolute Gasteiger partial charge is 0.317 e. The lowest BCUT2D eigenvalue weighted by Gasteiger charge is -2.30. The van der Waals surface area contributed by atoms with Gasteiger partial charge in [0.15, 0.2) is 5.03 Å². The molecule has 2 rings (SSSR count). The normalized spacial score (nSPS) is 17.2. The lowest BCUT2D eigenvalue weighted by atomic mass is 10.1. The third kappa shape index (κ3) is 3.42. The molecule has 2 heterocycles. The molecule has 0 amide bonds. The molecule has 0 aromatic carbocycles. The van der Waals surface area contributed by atoms with E-state index in [0.29, 0.717) is 5.69 Å². The van der Waals surface area contributed by atoms with Crippen molar-refractivity contribution in [2.75, 3.05) is 20.1 Å². The van der Waals surface area contributed by atoms with E-state index in [1.54, 1.807) is 14.0 Å². The van der Waals surface area contributed by atoms with Crippen LogP contribution in [0.1, 0.15) is 18.5 Å². The Kier molecular flexibility index (Phi) is 5.66. The van der Waals surface area contributed by atoms with E-state index in [9.17, 15) is 8.42 Å². The van der Waals surface area contributed by atoms with Gasteiger partial charge in [-0.3, -0.25) is 4.98 Å². The Morgan fingerprint density at radius 2 is 1.84 bits per heavy atom. The summed E-state index contributed by atoms with van der Waals surface area (Å²) in [6, 6.07) is 0.0395. The van der Waals surface area contributed by atoms with Crippen molar-refractivity contribution in [2.45, 2.75) is 30.8 Å². The molecule has 1 N–H and O–H groups in total. The standard InChI is InChI=1S/C11H18N4O2S.ClH/c1-9-11(14-8-7-13-9)18(16,17)15(2)10-3-5-12-6-4-10;/h7-8,10,12H,3-6H2,1-2H3;1H. The highest BCUT2D eigenvalue weighted by Crippen LogP contribution is 2.20. The average Bonchev–Trinajstić information content (AvgIpc) is 2.39. The van der Waals surface area contributed by atoms with Crippen molar-refractivity contribution in [1.29, 1.82) is 0 Å². The molecule has 1 aromatic rings. The van der Waals surface area contributed by atoms with Gasteiger partial charge in [0.1, 0.15) is 0 Å². The van der Waals surface area contributed by atoms with Crippen LogP contribution in [0.3, 0.4) is 0 Å². The van der Waals surface area contributed by atoms with Crippen molar-refractivity contribution >= 4 is 22.4 Å². The van der Waals surface area contributed by atoms with Gasteiger partial charge in [0.2, 0.25) is 0 Å². The number of sulfonamides is 1. The number of aromatic nitrogens is 2. The fraction of sp³-hybridized carbons (Fsp3) is 0.636. The molecule has 0 aliphatic carbocycles. The summed E-state index contributed by atoms with van der Waals surface area (Å²) in [6.07, 6.45) is 4.57. The van der Waals surface area contributed by atoms with E-state index in [2.05, 4.69) is 15.3 Å². The Bertz CT molecular complexity index is 517. The van der Waals surface area contributed by atoms with Gasteiger partial charge in [-0.2, -0.15) is 4.31 Å². The van der Waals surface area contributed by atoms with Gasteiger partial charge in [0, 0.05) is 25.5 Å². The summed E-state index contributed by atoms with van der Waals surface area (Å²) in [5.74, 6) is 0. The van der Waals surface area contributed by atoms with E-state index in [-0.39, 0.29) is 23.5 Å². The second-order valence-corrected chi connectivity index (χ2v) is 6.36. The maximum absolute atomic E-state index is 12.5. The van der Waals surface area contributed by atoms with Gasteiger partial charge in [-0.1, -0.05) is 0 Å². The molecular weight excluding hydrogens is 288 g/mol. The van der Waals surface area contributed by atoms with Crippen LogP contribution < -0.4 is 5.32 Å². The number of rotatable bonds is 3. The number of hydrogen-bond acceptors (Lipinski definition) is 5. The predicted octanol–water partition coefficient (Wildman–Crippen LogP) is 0.579. The highest BCUT2D eigenvalue weighted by atomic mass is 35.5. The lowest BCUT2D eigenvalue weighted by Crippen LogP contribution is -2.44. The average molecular weight is 307 g/mol. The topological polar surface area (TPSA) is 75.2 Å². The minimum absolute atomic E-state index is 0. The van der Waals surface area contributed by atoms with Crippen molar-refractivity contribution in [3.05, 3.63) is 18.1 Å². The van der Waals surface area contributed by atoms with E-state index in [1.165, 1.54) is 16.7 Å². The Morgan fingerprint density at radius 3 is 2.42 bits per heavy atom. The highest BCUT2D eigenvalue weighted by molar-refractivity contribution is 7.89. The zero-order valence-corrected chi connectivity index (χ0v) is 12.7. The zero-order valence-electron chi connectivity index (χ0n) is 11.0. The van der Waals surface area contributed by atoms with E-state index in [0.717, 1.165) is 25.9 Å². The molecule has 108 valence electrons. The van der Waals surface area contributed by atoms with Crippen LogP contribution in [-0.4, -0.2) is 48.9 Å². The minimum Gasteiger partial charge on any atom is -0.317 e. The van der Waals surface area contributed by atoms with Crippen LogP contribution in [0.5, 0.6) is 0 Å². The maximum Gasteiger partial charge on any atom is 0.262 e. The molecule has 1 fully saturated rings. The van der Waals surface area contributed by atoms with Crippen molar-refractivity contribution in [2.24, 2.45) is 0 Å². The van der Waals surface area contributed by atoms with Crippen LogP contribution in [0.15, 0.2) is 17.4 Å². The van der Waals surface area contributed by atoms with E-state index < -0.39 is 10.0 Å². The molecule has 0 atom stereocenters. The van der Waals surface area contributed by atoms with Crippen LogP contribution in [-0.2, 0) is 10.0 Å². The van der Waals surface area contributed by atoms with E-state index >= 15 is 0 Å². The molecule has 19 heavy (non-hydrogen) atoms. The summed E-state index contributed by atoms with van der Waals surface area (Å²) < 4.78 is 26.3. The Morgan fingerprint density at radius 1 is 1.26 bits per heavy atom. The van der Waals surface area contributed by atoms with Crippen LogP contribution in [0, 0.1) is 6.92 Å². The summed E-state index contributed by atoms with van der Waals surface area (Å²) in [6.45, 7) is 3.37. The second kappa shape index (κ2) is 6.60. The number of nitrogens with zero attached hydrogens (tertiary/aromatic N) is 3. The first kappa shape index (κ1) is 16.3. The van der Waals surface area contributed by atoms with Crippen LogP contribution in [0.4, 0.5) is 0 Å². The smallest absolute Gasteiger partial charge is 0.262 e. The molecule has 1 aliphatic rings. The summed E-state index contributed by atoms with van der Waals surface area (Å²) in [5.41, 5.74) is 0.443. The van der Waals surface area contributed by atoms with Gasteiger partial charge >= 0.3 is 0 Å². The second-order valence-electron chi connectivity index (χ2n) is 4.45. The molecule has 0 spiro atoms. The molecular formula is C11H19ClN4O2S. The molecule has 6 nitrogen and oxygen atoms in total. The summed E-state index contributed by atoms with van der Waals surface area (Å²) in [5, 5.41) is 3.28. The first-order valence-corrected chi connectivity index (χ1v) is 7.44. The van der Waals surface area contributed by atoms with Gasteiger partial charge in [0.25, 0.3) is 10.0 Å². The van der Waals surface area contributed by atoms with Crippen LogP contribution in [0.2, 0.25) is 0 Å². The van der Waals surface area contributed by atoms with Crippen molar-refractivity contribution in [3.8, 4) is 0 Å². The molecule has 0 radical (unpaired) electrons. The Hall–Kier alpha value is -0.760. The summed E-state index contributed by atoms with van der Waals surface area (Å²) in [4.78, 5) is 7.95. The Balaban J connectivity index is 0.00000180. The number of halogens is 1. The lowest BCUT2D eigenvalue weighted by molar-refractivity contribution is 0.295. The van der Waals surface area contributed by atoms with Crippen LogP contribution in [0.25, 0.3) is 0 Å². The predicted molar refractivity (Wildman–Crippen MR) is 74.9 cm³/mol.